The molecule has 0 atom stereocenters. The van der Waals surface area contributed by atoms with Crippen LogP contribution in [0.4, 0.5) is 14.9 Å². The Morgan fingerprint density at radius 1 is 0.944 bits per heavy atom. The fraction of sp³-hybridized carbons (Fsp3) is 0.452. The average molecular weight is 490 g/mol. The monoisotopic (exact) mass is 489 g/mol. The first-order valence-corrected chi connectivity index (χ1v) is 13.4. The third-order valence-electron chi connectivity index (χ3n) is 7.40. The number of para-hydroxylation sites is 1. The van der Waals surface area contributed by atoms with E-state index in [1.54, 1.807) is 0 Å². The van der Waals surface area contributed by atoms with Crippen LogP contribution in [-0.4, -0.2) is 21.5 Å². The van der Waals surface area contributed by atoms with Crippen LogP contribution >= 0.6 is 0 Å². The van der Waals surface area contributed by atoms with Crippen LogP contribution in [0.25, 0.3) is 0 Å². The van der Waals surface area contributed by atoms with Gasteiger partial charge in [-0.05, 0) is 65.6 Å². The Labute approximate surface area is 215 Å². The third-order valence-corrected chi connectivity index (χ3v) is 7.40. The Morgan fingerprint density at radius 3 is 2.19 bits per heavy atom. The van der Waals surface area contributed by atoms with E-state index in [0.29, 0.717) is 24.9 Å². The van der Waals surface area contributed by atoms with E-state index in [-0.39, 0.29) is 17.9 Å². The summed E-state index contributed by atoms with van der Waals surface area (Å²) in [6.45, 7) is 9.90. The van der Waals surface area contributed by atoms with E-state index in [4.69, 9.17) is 0 Å². The molecule has 5 heteroatoms. The smallest absolute Gasteiger partial charge is 0.322 e. The fourth-order valence-corrected chi connectivity index (χ4v) is 5.34. The lowest BCUT2D eigenvalue weighted by atomic mass is 9.92. The van der Waals surface area contributed by atoms with Gasteiger partial charge in [-0.15, -0.1) is 0 Å². The lowest BCUT2D eigenvalue weighted by Gasteiger charge is -2.35. The Hall–Kier alpha value is -3.08. The van der Waals surface area contributed by atoms with Gasteiger partial charge in [-0.3, -0.25) is 0 Å². The summed E-state index contributed by atoms with van der Waals surface area (Å²) in [6.07, 6.45) is 7.67. The molecule has 192 valence electrons. The van der Waals surface area contributed by atoms with Gasteiger partial charge in [0, 0.05) is 30.2 Å². The van der Waals surface area contributed by atoms with Crippen LogP contribution in [0.3, 0.4) is 0 Å². The number of anilines is 1. The molecule has 1 heterocycles. The second-order valence-electron chi connectivity index (χ2n) is 10.7. The molecule has 1 aliphatic rings. The third kappa shape index (κ3) is 6.18. The van der Waals surface area contributed by atoms with Crippen LogP contribution in [-0.2, 0) is 13.1 Å². The first-order chi connectivity index (χ1) is 17.3. The number of amides is 2. The maximum absolute atomic E-state index is 14.0. The van der Waals surface area contributed by atoms with Crippen molar-refractivity contribution in [2.75, 3.05) is 5.32 Å². The van der Waals surface area contributed by atoms with Crippen LogP contribution in [0.2, 0.25) is 0 Å². The molecule has 36 heavy (non-hydrogen) atoms. The molecule has 4 nitrogen and oxygen atoms in total. The second-order valence-corrected chi connectivity index (χ2v) is 10.7. The topological polar surface area (TPSA) is 37.3 Å². The van der Waals surface area contributed by atoms with E-state index in [9.17, 15) is 9.18 Å². The zero-order valence-corrected chi connectivity index (χ0v) is 22.1. The molecule has 2 aromatic carbocycles. The molecular formula is C31H40FN3O. The van der Waals surface area contributed by atoms with Crippen molar-refractivity contribution in [3.63, 3.8) is 0 Å². The average Bonchev–Trinajstić information content (AvgIpc) is 3.30. The summed E-state index contributed by atoms with van der Waals surface area (Å²) in [5.74, 6) is 0.402. The van der Waals surface area contributed by atoms with E-state index in [2.05, 4.69) is 66.7 Å². The van der Waals surface area contributed by atoms with E-state index in [0.717, 1.165) is 42.6 Å². The molecule has 1 saturated carbocycles. The number of nitrogens with zero attached hydrogens (tertiary/aromatic N) is 2. The summed E-state index contributed by atoms with van der Waals surface area (Å²) in [6, 6.07) is 17.3. The number of rotatable bonds is 8. The molecule has 1 aliphatic carbocycles. The van der Waals surface area contributed by atoms with Gasteiger partial charge in [-0.2, -0.15) is 0 Å². The first-order valence-electron chi connectivity index (χ1n) is 13.4. The van der Waals surface area contributed by atoms with E-state index in [1.807, 2.05) is 24.4 Å². The number of carbonyl (C=O) groups excluding carboxylic acids is 1. The SMILES string of the molecule is CC(C)c1cccc(C(C)C)c1NC(=O)N(Cc1cccn1Cc1ccc(F)cc1)C1CCCCC1. The second kappa shape index (κ2) is 11.8. The maximum atomic E-state index is 14.0. The molecule has 0 radical (unpaired) electrons. The lowest BCUT2D eigenvalue weighted by Crippen LogP contribution is -2.44. The molecule has 3 aromatic rings. The number of benzene rings is 2. The number of hydrogen-bond acceptors (Lipinski definition) is 1. The van der Waals surface area contributed by atoms with Crippen molar-refractivity contribution in [2.24, 2.45) is 0 Å². The molecule has 2 amide bonds. The predicted octanol–water partition coefficient (Wildman–Crippen LogP) is 8.29. The number of urea groups is 1. The minimum Gasteiger partial charge on any atom is -0.345 e. The Bertz CT molecular complexity index is 1120. The van der Waals surface area contributed by atoms with Crippen LogP contribution in [0.1, 0.15) is 94.0 Å². The van der Waals surface area contributed by atoms with Gasteiger partial charge in [-0.25, -0.2) is 9.18 Å². The number of hydrogen-bond donors (Lipinski definition) is 1. The van der Waals surface area contributed by atoms with Crippen LogP contribution in [0.15, 0.2) is 60.8 Å². The molecule has 0 spiro atoms. The number of carbonyl (C=O) groups is 1. The van der Waals surface area contributed by atoms with Gasteiger partial charge in [0.05, 0.1) is 6.54 Å². The molecule has 1 N–H and O–H groups in total. The zero-order valence-electron chi connectivity index (χ0n) is 22.1. The van der Waals surface area contributed by atoms with Crippen molar-refractivity contribution in [3.8, 4) is 0 Å². The van der Waals surface area contributed by atoms with E-state index < -0.39 is 0 Å². The molecule has 0 unspecified atom stereocenters. The minimum atomic E-state index is -0.228. The fourth-order valence-electron chi connectivity index (χ4n) is 5.34. The summed E-state index contributed by atoms with van der Waals surface area (Å²) in [4.78, 5) is 16.0. The summed E-state index contributed by atoms with van der Waals surface area (Å²) >= 11 is 0. The van der Waals surface area contributed by atoms with Crippen molar-refractivity contribution in [1.82, 2.24) is 9.47 Å². The first kappa shape index (κ1) is 26.0. The summed E-state index contributed by atoms with van der Waals surface area (Å²) in [5, 5.41) is 3.36. The Balaban J connectivity index is 1.61. The van der Waals surface area contributed by atoms with Crippen LogP contribution in [0.5, 0.6) is 0 Å². The van der Waals surface area contributed by atoms with Gasteiger partial charge in [0.1, 0.15) is 5.82 Å². The van der Waals surface area contributed by atoms with Crippen molar-refractivity contribution in [2.45, 2.75) is 90.8 Å². The summed E-state index contributed by atoms with van der Waals surface area (Å²) in [5.41, 5.74) is 5.45. The Morgan fingerprint density at radius 2 is 1.58 bits per heavy atom. The number of aromatic nitrogens is 1. The molecular weight excluding hydrogens is 449 g/mol. The number of halogens is 1. The standard InChI is InChI=1S/C31H40FN3O/c1-22(2)28-13-8-14-29(23(3)4)30(28)33-31(36)35(26-10-6-5-7-11-26)21-27-12-9-19-34(27)20-24-15-17-25(32)18-16-24/h8-9,12-19,22-23,26H,5-7,10-11,20-21H2,1-4H3,(H,33,36). The highest BCUT2D eigenvalue weighted by Gasteiger charge is 2.28. The van der Waals surface area contributed by atoms with Crippen molar-refractivity contribution < 1.29 is 9.18 Å². The molecule has 0 bridgehead atoms. The molecule has 1 aromatic heterocycles. The van der Waals surface area contributed by atoms with E-state index >= 15 is 0 Å². The van der Waals surface area contributed by atoms with Gasteiger partial charge >= 0.3 is 6.03 Å². The quantitative estimate of drug-likeness (QED) is 0.339. The van der Waals surface area contributed by atoms with Crippen LogP contribution in [0, 0.1) is 5.82 Å². The normalized spacial score (nSPS) is 14.4. The molecule has 0 saturated heterocycles. The van der Waals surface area contributed by atoms with Crippen LogP contribution < -0.4 is 5.32 Å². The molecule has 1 fully saturated rings. The number of nitrogens with one attached hydrogen (secondary N) is 1. The largest absolute Gasteiger partial charge is 0.345 e. The molecule has 0 aliphatic heterocycles. The molecule has 4 rings (SSSR count). The lowest BCUT2D eigenvalue weighted by molar-refractivity contribution is 0.161. The highest BCUT2D eigenvalue weighted by Crippen LogP contribution is 2.33. The predicted molar refractivity (Wildman–Crippen MR) is 146 cm³/mol. The zero-order chi connectivity index (χ0) is 25.7. The van der Waals surface area contributed by atoms with Gasteiger partial charge in [0.2, 0.25) is 0 Å². The maximum Gasteiger partial charge on any atom is 0.322 e. The van der Waals surface area contributed by atoms with Gasteiger partial charge in [0.25, 0.3) is 0 Å². The van der Waals surface area contributed by atoms with Crippen molar-refractivity contribution in [3.05, 3.63) is 89.0 Å². The summed E-state index contributed by atoms with van der Waals surface area (Å²) < 4.78 is 15.6. The minimum absolute atomic E-state index is 0.0218. The summed E-state index contributed by atoms with van der Waals surface area (Å²) in [7, 11) is 0. The van der Waals surface area contributed by atoms with E-state index in [1.165, 1.54) is 29.7 Å². The van der Waals surface area contributed by atoms with Crippen molar-refractivity contribution in [1.29, 1.82) is 0 Å². The Kier molecular flexibility index (Phi) is 8.50. The van der Waals surface area contributed by atoms with Crippen molar-refractivity contribution >= 4 is 11.7 Å². The highest BCUT2D eigenvalue weighted by atomic mass is 19.1. The van der Waals surface area contributed by atoms with Gasteiger partial charge in [-0.1, -0.05) is 77.3 Å². The van der Waals surface area contributed by atoms with Gasteiger partial charge < -0.3 is 14.8 Å². The highest BCUT2D eigenvalue weighted by molar-refractivity contribution is 5.91. The van der Waals surface area contributed by atoms with Gasteiger partial charge in [0.15, 0.2) is 0 Å².